The fourth-order valence-electron chi connectivity index (χ4n) is 4.25. The first-order valence-electron chi connectivity index (χ1n) is 12.2. The SMILES string of the molecule is CC(C)C(NC(=O)OCc1ccccc1)C(=O)CC1CCc2cccc(c2)CCCNC(=O)C1=O. The van der Waals surface area contributed by atoms with Gasteiger partial charge in [0.2, 0.25) is 5.78 Å². The van der Waals surface area contributed by atoms with Crippen LogP contribution in [0.5, 0.6) is 0 Å². The molecule has 0 aliphatic carbocycles. The number of alkyl carbamates (subject to hydrolysis) is 1. The Morgan fingerprint density at radius 3 is 2.46 bits per heavy atom. The minimum atomic E-state index is -0.821. The predicted molar refractivity (Wildman–Crippen MR) is 133 cm³/mol. The molecule has 7 nitrogen and oxygen atoms in total. The Hall–Kier alpha value is -3.48. The standard InChI is InChI=1S/C28H34N2O5/c1-19(2)25(30-28(34)35-18-22-8-4-3-5-9-22)24(31)17-23-14-13-21-11-6-10-20(16-21)12-7-15-29-27(33)26(23)32/h3-6,8-11,16,19,23,25H,7,12-15,17-18H2,1-2H3,(H,29,33)(H,30,34). The second-order valence-electron chi connectivity index (χ2n) is 9.38. The van der Waals surface area contributed by atoms with Gasteiger partial charge in [-0.05, 0) is 48.3 Å². The summed E-state index contributed by atoms with van der Waals surface area (Å²) >= 11 is 0. The second kappa shape index (κ2) is 12.8. The minimum absolute atomic E-state index is 0.0893. The van der Waals surface area contributed by atoms with Crippen LogP contribution >= 0.6 is 0 Å². The number of fused-ring (bicyclic) bond motifs is 2. The van der Waals surface area contributed by atoms with Crippen LogP contribution in [0.1, 0.15) is 49.8 Å². The monoisotopic (exact) mass is 478 g/mol. The van der Waals surface area contributed by atoms with Crippen LogP contribution in [0.4, 0.5) is 4.79 Å². The highest BCUT2D eigenvalue weighted by atomic mass is 16.5. The zero-order valence-electron chi connectivity index (χ0n) is 20.4. The fraction of sp³-hybridized carbons (Fsp3) is 0.429. The van der Waals surface area contributed by atoms with E-state index in [1.165, 1.54) is 5.56 Å². The molecule has 0 saturated heterocycles. The van der Waals surface area contributed by atoms with Crippen molar-refractivity contribution in [3.05, 3.63) is 71.3 Å². The number of carbonyl (C=O) groups is 4. The number of amides is 2. The van der Waals surface area contributed by atoms with Gasteiger partial charge in [-0.2, -0.15) is 0 Å². The zero-order chi connectivity index (χ0) is 25.2. The molecule has 2 bridgehead atoms. The van der Waals surface area contributed by atoms with Crippen molar-refractivity contribution in [2.45, 2.75) is 58.6 Å². The zero-order valence-corrected chi connectivity index (χ0v) is 20.4. The minimum Gasteiger partial charge on any atom is -0.445 e. The van der Waals surface area contributed by atoms with E-state index in [0.29, 0.717) is 19.4 Å². The van der Waals surface area contributed by atoms with Crippen LogP contribution in [-0.4, -0.2) is 36.2 Å². The lowest BCUT2D eigenvalue weighted by atomic mass is 9.86. The van der Waals surface area contributed by atoms with Crippen molar-refractivity contribution in [2.75, 3.05) is 6.54 Å². The van der Waals surface area contributed by atoms with Gasteiger partial charge in [0.25, 0.3) is 5.91 Å². The lowest BCUT2D eigenvalue weighted by molar-refractivity contribution is -0.141. The molecule has 7 heteroatoms. The van der Waals surface area contributed by atoms with Gasteiger partial charge in [0.15, 0.2) is 5.78 Å². The highest BCUT2D eigenvalue weighted by Crippen LogP contribution is 2.20. The van der Waals surface area contributed by atoms with E-state index in [1.54, 1.807) is 0 Å². The molecule has 0 saturated carbocycles. The molecule has 1 heterocycles. The maximum atomic E-state index is 13.2. The van der Waals surface area contributed by atoms with Crippen molar-refractivity contribution < 1.29 is 23.9 Å². The van der Waals surface area contributed by atoms with Gasteiger partial charge in [-0.25, -0.2) is 4.79 Å². The molecule has 2 amide bonds. The number of hydrogen-bond donors (Lipinski definition) is 2. The van der Waals surface area contributed by atoms with Crippen LogP contribution in [0.3, 0.4) is 0 Å². The van der Waals surface area contributed by atoms with Crippen LogP contribution in [-0.2, 0) is 38.6 Å². The molecule has 2 aromatic carbocycles. The van der Waals surface area contributed by atoms with Crippen LogP contribution in [0.15, 0.2) is 54.6 Å². The molecule has 0 radical (unpaired) electrons. The van der Waals surface area contributed by atoms with Crippen molar-refractivity contribution in [1.82, 2.24) is 10.6 Å². The third kappa shape index (κ3) is 8.05. The summed E-state index contributed by atoms with van der Waals surface area (Å²) in [5.74, 6) is -2.48. The molecule has 2 atom stereocenters. The van der Waals surface area contributed by atoms with Crippen LogP contribution in [0.25, 0.3) is 0 Å². The summed E-state index contributed by atoms with van der Waals surface area (Å²) in [7, 11) is 0. The van der Waals surface area contributed by atoms with E-state index in [-0.39, 0.29) is 24.7 Å². The van der Waals surface area contributed by atoms with E-state index < -0.39 is 29.7 Å². The van der Waals surface area contributed by atoms with Crippen molar-refractivity contribution in [2.24, 2.45) is 11.8 Å². The van der Waals surface area contributed by atoms with Crippen LogP contribution in [0.2, 0.25) is 0 Å². The Bertz CT molecular complexity index is 1030. The summed E-state index contributed by atoms with van der Waals surface area (Å²) in [5.41, 5.74) is 3.11. The number of Topliss-reactive ketones (excluding diaryl/α,β-unsaturated/α-hetero) is 2. The second-order valence-corrected chi connectivity index (χ2v) is 9.38. The van der Waals surface area contributed by atoms with E-state index in [0.717, 1.165) is 24.0 Å². The maximum absolute atomic E-state index is 13.2. The number of ether oxygens (including phenoxy) is 1. The van der Waals surface area contributed by atoms with Gasteiger partial charge in [0.05, 0.1) is 6.04 Å². The summed E-state index contributed by atoms with van der Waals surface area (Å²) in [5, 5.41) is 5.34. The van der Waals surface area contributed by atoms with E-state index >= 15 is 0 Å². The molecule has 2 unspecified atom stereocenters. The number of rotatable bonds is 7. The summed E-state index contributed by atoms with van der Waals surface area (Å²) in [4.78, 5) is 51.0. The Morgan fingerprint density at radius 1 is 1.03 bits per heavy atom. The number of carbonyl (C=O) groups excluding carboxylic acids is 4. The normalized spacial score (nSPS) is 17.5. The lowest BCUT2D eigenvalue weighted by Gasteiger charge is -2.23. The number of aryl methyl sites for hydroxylation is 2. The molecule has 1 aliphatic heterocycles. The van der Waals surface area contributed by atoms with E-state index in [1.807, 2.05) is 56.3 Å². The van der Waals surface area contributed by atoms with Gasteiger partial charge in [-0.15, -0.1) is 0 Å². The molecule has 0 spiro atoms. The molecule has 2 aromatic rings. The van der Waals surface area contributed by atoms with Crippen LogP contribution in [0, 0.1) is 11.8 Å². The van der Waals surface area contributed by atoms with E-state index in [2.05, 4.69) is 22.8 Å². The van der Waals surface area contributed by atoms with E-state index in [4.69, 9.17) is 4.74 Å². The molecule has 1 aliphatic rings. The molecule has 3 rings (SSSR count). The molecule has 186 valence electrons. The first-order valence-corrected chi connectivity index (χ1v) is 12.2. The predicted octanol–water partition coefficient (Wildman–Crippen LogP) is 3.78. The fourth-order valence-corrected chi connectivity index (χ4v) is 4.25. The van der Waals surface area contributed by atoms with Gasteiger partial charge in [-0.1, -0.05) is 68.4 Å². The molecule has 0 fully saturated rings. The van der Waals surface area contributed by atoms with Crippen molar-refractivity contribution >= 4 is 23.6 Å². The van der Waals surface area contributed by atoms with Gasteiger partial charge in [0.1, 0.15) is 6.61 Å². The first kappa shape index (κ1) is 26.1. The number of nitrogens with one attached hydrogen (secondary N) is 2. The highest BCUT2D eigenvalue weighted by molar-refractivity contribution is 6.37. The molecular weight excluding hydrogens is 444 g/mol. The van der Waals surface area contributed by atoms with Crippen LogP contribution < -0.4 is 10.6 Å². The van der Waals surface area contributed by atoms with Gasteiger partial charge < -0.3 is 15.4 Å². The van der Waals surface area contributed by atoms with E-state index in [9.17, 15) is 19.2 Å². The van der Waals surface area contributed by atoms with Gasteiger partial charge in [-0.3, -0.25) is 14.4 Å². The maximum Gasteiger partial charge on any atom is 0.408 e. The van der Waals surface area contributed by atoms with Gasteiger partial charge >= 0.3 is 6.09 Å². The average Bonchev–Trinajstić information content (AvgIpc) is 2.85. The largest absolute Gasteiger partial charge is 0.445 e. The van der Waals surface area contributed by atoms with Crippen molar-refractivity contribution in [3.8, 4) is 0 Å². The number of ketones is 2. The Kier molecular flexibility index (Phi) is 9.58. The first-order chi connectivity index (χ1) is 16.8. The molecule has 0 aromatic heterocycles. The summed E-state index contributed by atoms with van der Waals surface area (Å²) in [6, 6.07) is 16.6. The summed E-state index contributed by atoms with van der Waals surface area (Å²) in [6.45, 7) is 4.13. The number of hydrogen-bond acceptors (Lipinski definition) is 5. The topological polar surface area (TPSA) is 102 Å². The Labute approximate surface area is 206 Å². The Morgan fingerprint density at radius 2 is 1.74 bits per heavy atom. The Balaban J connectivity index is 1.66. The highest BCUT2D eigenvalue weighted by Gasteiger charge is 2.32. The lowest BCUT2D eigenvalue weighted by Crippen LogP contribution is -2.46. The summed E-state index contributed by atoms with van der Waals surface area (Å²) in [6.07, 6.45) is 1.71. The summed E-state index contributed by atoms with van der Waals surface area (Å²) < 4.78 is 5.27. The third-order valence-electron chi connectivity index (χ3n) is 6.24. The average molecular weight is 479 g/mol. The third-order valence-corrected chi connectivity index (χ3v) is 6.24. The molecular formula is C28H34N2O5. The smallest absolute Gasteiger partial charge is 0.408 e. The molecule has 2 N–H and O–H groups in total. The quantitative estimate of drug-likeness (QED) is 0.590. The van der Waals surface area contributed by atoms with Crippen molar-refractivity contribution in [1.29, 1.82) is 0 Å². The molecule has 35 heavy (non-hydrogen) atoms. The number of benzene rings is 2. The van der Waals surface area contributed by atoms with Gasteiger partial charge in [0, 0.05) is 18.9 Å². The van der Waals surface area contributed by atoms with Crippen molar-refractivity contribution in [3.63, 3.8) is 0 Å².